The number of halogens is 1. The second kappa shape index (κ2) is 13.5. The molecule has 4 aromatic rings. The predicted molar refractivity (Wildman–Crippen MR) is 177 cm³/mol. The molecule has 8 nitrogen and oxygen atoms in total. The molecule has 0 spiro atoms. The first-order valence-electron chi connectivity index (χ1n) is 14.8. The summed E-state index contributed by atoms with van der Waals surface area (Å²) in [5.74, 6) is 0.868. The lowest BCUT2D eigenvalue weighted by atomic mass is 10.0. The third-order valence-corrected chi connectivity index (χ3v) is 10.2. The lowest BCUT2D eigenvalue weighted by Gasteiger charge is -2.21. The third-order valence-electron chi connectivity index (χ3n) is 7.76. The predicted octanol–water partition coefficient (Wildman–Crippen LogP) is 7.89. The highest BCUT2D eigenvalue weighted by atomic mass is 35.5. The molecule has 44 heavy (non-hydrogen) atoms. The number of hydrogen-bond donors (Lipinski definition) is 1. The monoisotopic (exact) mass is 636 g/mol. The van der Waals surface area contributed by atoms with Crippen LogP contribution in [0.25, 0.3) is 5.69 Å². The van der Waals surface area contributed by atoms with E-state index in [4.69, 9.17) is 16.3 Å². The summed E-state index contributed by atoms with van der Waals surface area (Å²) in [4.78, 5) is 13.7. The maximum atomic E-state index is 13.6. The number of aromatic nitrogens is 2. The molecule has 1 heterocycles. The Morgan fingerprint density at radius 3 is 2.32 bits per heavy atom. The molecule has 4 rings (SSSR count). The molecule has 0 fully saturated rings. The van der Waals surface area contributed by atoms with E-state index < -0.39 is 10.0 Å². The van der Waals surface area contributed by atoms with Gasteiger partial charge in [0.25, 0.3) is 0 Å². The Morgan fingerprint density at radius 2 is 1.68 bits per heavy atom. The molecular formula is C34H41ClN4O4S. The highest BCUT2D eigenvalue weighted by Crippen LogP contribution is 2.37. The van der Waals surface area contributed by atoms with Crippen LogP contribution < -0.4 is 10.1 Å². The first-order valence-corrected chi connectivity index (χ1v) is 16.6. The van der Waals surface area contributed by atoms with E-state index in [1.54, 1.807) is 24.6 Å². The van der Waals surface area contributed by atoms with E-state index in [1.807, 2.05) is 64.1 Å². The van der Waals surface area contributed by atoms with Gasteiger partial charge in [-0.3, -0.25) is 4.79 Å². The molecular weight excluding hydrogens is 596 g/mol. The van der Waals surface area contributed by atoms with Gasteiger partial charge in [-0.2, -0.15) is 9.40 Å². The number of carbonyl (C=O) groups is 1. The van der Waals surface area contributed by atoms with Crippen LogP contribution >= 0.6 is 11.6 Å². The molecule has 234 valence electrons. The smallest absolute Gasteiger partial charge is 0.243 e. The van der Waals surface area contributed by atoms with E-state index >= 15 is 0 Å². The van der Waals surface area contributed by atoms with Crippen molar-refractivity contribution in [1.82, 2.24) is 14.1 Å². The Morgan fingerprint density at radius 1 is 0.977 bits per heavy atom. The molecule has 0 saturated carbocycles. The summed E-state index contributed by atoms with van der Waals surface area (Å²) >= 11 is 6.37. The van der Waals surface area contributed by atoms with Gasteiger partial charge in [-0.05, 0) is 86.7 Å². The van der Waals surface area contributed by atoms with Gasteiger partial charge in [-0.15, -0.1) is 0 Å². The number of ether oxygens (including phenoxy) is 1. The number of aryl methyl sites for hydroxylation is 3. The second-order valence-corrected chi connectivity index (χ2v) is 13.6. The van der Waals surface area contributed by atoms with Gasteiger partial charge in [0, 0.05) is 29.4 Å². The van der Waals surface area contributed by atoms with Gasteiger partial charge in [-0.1, -0.05) is 57.5 Å². The Kier molecular flexibility index (Phi) is 10.2. The molecule has 1 amide bonds. The molecule has 0 aliphatic carbocycles. The van der Waals surface area contributed by atoms with Crippen molar-refractivity contribution in [2.45, 2.75) is 72.6 Å². The summed E-state index contributed by atoms with van der Waals surface area (Å²) in [6.07, 6.45) is 0.0331. The van der Waals surface area contributed by atoms with Crippen molar-refractivity contribution in [3.8, 4) is 17.2 Å². The van der Waals surface area contributed by atoms with Crippen molar-refractivity contribution in [3.05, 3.63) is 93.3 Å². The van der Waals surface area contributed by atoms with Crippen LogP contribution in [0.2, 0.25) is 5.02 Å². The van der Waals surface area contributed by atoms with Gasteiger partial charge in [0.15, 0.2) is 5.75 Å². The lowest BCUT2D eigenvalue weighted by molar-refractivity contribution is -0.115. The molecule has 1 aromatic heterocycles. The van der Waals surface area contributed by atoms with E-state index in [1.165, 1.54) is 16.4 Å². The van der Waals surface area contributed by atoms with Gasteiger partial charge in [0.2, 0.25) is 15.9 Å². The average molecular weight is 637 g/mol. The zero-order valence-corrected chi connectivity index (χ0v) is 28.2. The molecule has 0 radical (unpaired) electrons. The highest BCUT2D eigenvalue weighted by molar-refractivity contribution is 7.89. The Labute approximate surface area is 266 Å². The fourth-order valence-electron chi connectivity index (χ4n) is 5.14. The van der Waals surface area contributed by atoms with Gasteiger partial charge >= 0.3 is 0 Å². The summed E-state index contributed by atoms with van der Waals surface area (Å²) in [6.45, 7) is 16.1. The highest BCUT2D eigenvalue weighted by Gasteiger charge is 2.25. The molecule has 0 atom stereocenters. The van der Waals surface area contributed by atoms with E-state index in [2.05, 4.69) is 24.3 Å². The minimum atomic E-state index is -3.78. The SMILES string of the molecule is CCN(CC)S(=O)(=O)c1ccc(Oc2cc(C)ccc2C(C)C)c(NC(=O)Cc2c(C)nn(-c3ccc(C)c(Cl)c3)c2C)c1. The van der Waals surface area contributed by atoms with E-state index in [0.29, 0.717) is 35.3 Å². The van der Waals surface area contributed by atoms with Gasteiger partial charge in [0.1, 0.15) is 5.75 Å². The minimum Gasteiger partial charge on any atom is -0.455 e. The van der Waals surface area contributed by atoms with Crippen LogP contribution in [-0.4, -0.2) is 41.5 Å². The Balaban J connectivity index is 1.72. The van der Waals surface area contributed by atoms with E-state index in [0.717, 1.165) is 33.6 Å². The third kappa shape index (κ3) is 7.01. The molecule has 10 heteroatoms. The van der Waals surface area contributed by atoms with Crippen molar-refractivity contribution < 1.29 is 17.9 Å². The first kappa shape index (κ1) is 33.2. The quantitative estimate of drug-likeness (QED) is 0.181. The number of carbonyl (C=O) groups excluding carboxylic acids is 1. The Bertz CT molecular complexity index is 1790. The largest absolute Gasteiger partial charge is 0.455 e. The maximum absolute atomic E-state index is 13.6. The molecule has 1 N–H and O–H groups in total. The first-order chi connectivity index (χ1) is 20.8. The summed E-state index contributed by atoms with van der Waals surface area (Å²) in [7, 11) is -3.78. The van der Waals surface area contributed by atoms with Gasteiger partial charge < -0.3 is 10.1 Å². The van der Waals surface area contributed by atoms with Crippen LogP contribution in [0.3, 0.4) is 0 Å². The van der Waals surface area contributed by atoms with Crippen molar-refractivity contribution in [2.24, 2.45) is 0 Å². The van der Waals surface area contributed by atoms with Crippen molar-refractivity contribution in [1.29, 1.82) is 0 Å². The summed E-state index contributed by atoms with van der Waals surface area (Å²) in [5, 5.41) is 8.25. The second-order valence-electron chi connectivity index (χ2n) is 11.3. The van der Waals surface area contributed by atoms with E-state index in [-0.39, 0.29) is 28.8 Å². The number of sulfonamides is 1. The molecule has 3 aromatic carbocycles. The maximum Gasteiger partial charge on any atom is 0.243 e. The molecule has 0 unspecified atom stereocenters. The van der Waals surface area contributed by atoms with Crippen LogP contribution in [0.5, 0.6) is 11.5 Å². The van der Waals surface area contributed by atoms with E-state index in [9.17, 15) is 13.2 Å². The number of anilines is 1. The summed E-state index contributed by atoms with van der Waals surface area (Å²) in [5.41, 5.74) is 6.36. The van der Waals surface area contributed by atoms with Crippen molar-refractivity contribution >= 4 is 33.2 Å². The zero-order chi connectivity index (χ0) is 32.3. The van der Waals surface area contributed by atoms with Crippen LogP contribution in [-0.2, 0) is 21.2 Å². The molecule has 0 aliphatic rings. The number of hydrogen-bond acceptors (Lipinski definition) is 5. The van der Waals surface area contributed by atoms with Gasteiger partial charge in [0.05, 0.1) is 28.4 Å². The lowest BCUT2D eigenvalue weighted by Crippen LogP contribution is -2.30. The number of amides is 1. The summed E-state index contributed by atoms with van der Waals surface area (Å²) < 4.78 is 36.4. The number of benzene rings is 3. The fourth-order valence-corrected chi connectivity index (χ4v) is 6.80. The molecule has 0 aliphatic heterocycles. The van der Waals surface area contributed by atoms with Crippen LogP contribution in [0, 0.1) is 27.7 Å². The Hall–Kier alpha value is -3.66. The number of nitrogens with zero attached hydrogens (tertiary/aromatic N) is 3. The average Bonchev–Trinajstić information content (AvgIpc) is 3.24. The summed E-state index contributed by atoms with van der Waals surface area (Å²) in [6, 6.07) is 16.3. The fraction of sp³-hybridized carbons (Fsp3) is 0.353. The van der Waals surface area contributed by atoms with Crippen LogP contribution in [0.15, 0.2) is 59.5 Å². The topological polar surface area (TPSA) is 93.5 Å². The normalized spacial score (nSPS) is 11.8. The molecule has 0 saturated heterocycles. The minimum absolute atomic E-state index is 0.0331. The zero-order valence-electron chi connectivity index (χ0n) is 26.7. The van der Waals surface area contributed by atoms with Crippen molar-refractivity contribution in [3.63, 3.8) is 0 Å². The van der Waals surface area contributed by atoms with Crippen molar-refractivity contribution in [2.75, 3.05) is 18.4 Å². The van der Waals surface area contributed by atoms with Gasteiger partial charge in [-0.25, -0.2) is 13.1 Å². The standard InChI is InChI=1S/C34H41ClN4O4S/c1-9-38(10-2)44(41,42)27-14-16-32(43-33-17-22(5)11-15-28(33)21(3)4)31(19-27)36-34(40)20-29-24(7)37-39(25(29)8)26-13-12-23(6)30(35)18-26/h11-19,21H,9-10,20H2,1-8H3,(H,36,40). The number of nitrogens with one attached hydrogen (secondary N) is 1. The van der Waals surface area contributed by atoms with Crippen LogP contribution in [0.1, 0.15) is 67.3 Å². The molecule has 0 bridgehead atoms. The number of rotatable bonds is 11. The van der Waals surface area contributed by atoms with Crippen LogP contribution in [0.4, 0.5) is 5.69 Å².